The van der Waals surface area contributed by atoms with Crippen LogP contribution >= 0.6 is 11.3 Å². The third-order valence-electron chi connectivity index (χ3n) is 3.35. The van der Waals surface area contributed by atoms with E-state index in [2.05, 4.69) is 16.9 Å². The number of rotatable bonds is 9. The van der Waals surface area contributed by atoms with E-state index in [1.165, 1.54) is 23.0 Å². The maximum Gasteiger partial charge on any atom is 0.328 e. The van der Waals surface area contributed by atoms with Crippen LogP contribution in [-0.4, -0.2) is 41.2 Å². The van der Waals surface area contributed by atoms with Gasteiger partial charge in [-0.15, -0.1) is 17.9 Å². The van der Waals surface area contributed by atoms with Gasteiger partial charge >= 0.3 is 5.97 Å². The van der Waals surface area contributed by atoms with Crippen molar-refractivity contribution in [2.75, 3.05) is 13.2 Å². The second-order valence-electron chi connectivity index (χ2n) is 5.47. The summed E-state index contributed by atoms with van der Waals surface area (Å²) in [7, 11) is 0. The highest BCUT2D eigenvalue weighted by atomic mass is 32.1. The molecule has 2 rings (SSSR count). The molecule has 2 N–H and O–H groups in total. The summed E-state index contributed by atoms with van der Waals surface area (Å²) in [5.41, 5.74) is 2.76. The number of carboxylic acid groups (broad SMARTS) is 1. The number of carboxylic acids is 1. The molecule has 25 heavy (non-hydrogen) atoms. The lowest BCUT2D eigenvalue weighted by atomic mass is 10.2. The molecule has 0 saturated carbocycles. The number of carbonyl (C=O) groups is 2. The number of amides is 1. The summed E-state index contributed by atoms with van der Waals surface area (Å²) in [5, 5.41) is 14.2. The summed E-state index contributed by atoms with van der Waals surface area (Å²) in [6.45, 7) is 5.61. The van der Waals surface area contributed by atoms with Crippen LogP contribution in [0.4, 0.5) is 0 Å². The van der Waals surface area contributed by atoms with Gasteiger partial charge in [-0.3, -0.25) is 4.79 Å². The Morgan fingerprint density at radius 3 is 2.76 bits per heavy atom. The standard InChI is InChI=1S/C18H20N2O4S/c1-3-8-24-10-15(18(22)23)20-16(21)9-14-11-25-17(19-14)13-6-4-12(2)5-7-13/h3-7,11,15H,1,8-10H2,2H3,(H,20,21)(H,22,23). The minimum absolute atomic E-state index is 0.0214. The van der Waals surface area contributed by atoms with Crippen molar-refractivity contribution >= 4 is 23.2 Å². The number of aryl methyl sites for hydroxylation is 1. The minimum atomic E-state index is -1.14. The Bertz CT molecular complexity index is 740. The van der Waals surface area contributed by atoms with E-state index in [-0.39, 0.29) is 19.6 Å². The van der Waals surface area contributed by atoms with Crippen LogP contribution in [0.5, 0.6) is 0 Å². The molecule has 1 aromatic heterocycles. The van der Waals surface area contributed by atoms with E-state index < -0.39 is 17.9 Å². The van der Waals surface area contributed by atoms with Crippen molar-refractivity contribution in [3.63, 3.8) is 0 Å². The van der Waals surface area contributed by atoms with Crippen molar-refractivity contribution in [3.05, 3.63) is 53.6 Å². The maximum atomic E-state index is 12.1. The summed E-state index contributed by atoms with van der Waals surface area (Å²) >= 11 is 1.45. The first-order chi connectivity index (χ1) is 12.0. The molecule has 1 aromatic carbocycles. The minimum Gasteiger partial charge on any atom is -0.480 e. The monoisotopic (exact) mass is 360 g/mol. The Balaban J connectivity index is 1.94. The third kappa shape index (κ3) is 5.81. The average Bonchev–Trinajstić information content (AvgIpc) is 3.03. The summed E-state index contributed by atoms with van der Waals surface area (Å²) in [4.78, 5) is 27.7. The molecule has 7 heteroatoms. The number of benzene rings is 1. The van der Waals surface area contributed by atoms with Gasteiger partial charge in [-0.1, -0.05) is 35.9 Å². The second kappa shape index (κ2) is 9.10. The lowest BCUT2D eigenvalue weighted by molar-refractivity contribution is -0.143. The van der Waals surface area contributed by atoms with Crippen molar-refractivity contribution in [2.45, 2.75) is 19.4 Å². The van der Waals surface area contributed by atoms with Gasteiger partial charge in [0.25, 0.3) is 0 Å². The van der Waals surface area contributed by atoms with Crippen molar-refractivity contribution in [1.82, 2.24) is 10.3 Å². The van der Waals surface area contributed by atoms with Gasteiger partial charge in [-0.2, -0.15) is 0 Å². The number of hydrogen-bond acceptors (Lipinski definition) is 5. The average molecular weight is 360 g/mol. The van der Waals surface area contributed by atoms with Gasteiger partial charge in [0, 0.05) is 10.9 Å². The normalized spacial score (nSPS) is 11.7. The molecular formula is C18H20N2O4S. The van der Waals surface area contributed by atoms with Crippen LogP contribution in [-0.2, 0) is 20.7 Å². The third-order valence-corrected chi connectivity index (χ3v) is 4.29. The topological polar surface area (TPSA) is 88.5 Å². The molecule has 132 valence electrons. The SMILES string of the molecule is C=CCOCC(NC(=O)Cc1csc(-c2ccc(C)cc2)n1)C(=O)O. The van der Waals surface area contributed by atoms with Gasteiger partial charge < -0.3 is 15.2 Å². The Hall–Kier alpha value is -2.51. The molecule has 0 radical (unpaired) electrons. The first-order valence-electron chi connectivity index (χ1n) is 7.72. The molecule has 0 fully saturated rings. The van der Waals surface area contributed by atoms with Gasteiger partial charge in [0.1, 0.15) is 5.01 Å². The first-order valence-corrected chi connectivity index (χ1v) is 8.60. The van der Waals surface area contributed by atoms with Crippen molar-refractivity contribution in [3.8, 4) is 10.6 Å². The highest BCUT2D eigenvalue weighted by molar-refractivity contribution is 7.13. The fourth-order valence-corrected chi connectivity index (χ4v) is 2.90. The van der Waals surface area contributed by atoms with Crippen LogP contribution in [0.1, 0.15) is 11.3 Å². The summed E-state index contributed by atoms with van der Waals surface area (Å²) in [5.74, 6) is -1.55. The van der Waals surface area contributed by atoms with E-state index >= 15 is 0 Å². The number of ether oxygens (including phenoxy) is 1. The zero-order chi connectivity index (χ0) is 18.2. The van der Waals surface area contributed by atoms with Crippen LogP contribution in [0.25, 0.3) is 10.6 Å². The van der Waals surface area contributed by atoms with Crippen LogP contribution in [0.2, 0.25) is 0 Å². The molecule has 1 atom stereocenters. The van der Waals surface area contributed by atoms with Gasteiger partial charge in [0.15, 0.2) is 6.04 Å². The van der Waals surface area contributed by atoms with E-state index in [1.807, 2.05) is 31.2 Å². The van der Waals surface area contributed by atoms with Crippen LogP contribution in [0.15, 0.2) is 42.3 Å². The lowest BCUT2D eigenvalue weighted by Crippen LogP contribution is -2.44. The number of nitrogens with one attached hydrogen (secondary N) is 1. The largest absolute Gasteiger partial charge is 0.480 e. The smallest absolute Gasteiger partial charge is 0.328 e. The predicted octanol–water partition coefficient (Wildman–Crippen LogP) is 2.43. The summed E-state index contributed by atoms with van der Waals surface area (Å²) in [6.07, 6.45) is 1.54. The zero-order valence-electron chi connectivity index (χ0n) is 13.9. The van der Waals surface area contributed by atoms with Crippen molar-refractivity contribution < 1.29 is 19.4 Å². The molecule has 1 unspecified atom stereocenters. The molecule has 0 aliphatic heterocycles. The molecule has 0 saturated heterocycles. The number of aliphatic carboxylic acids is 1. The molecule has 6 nitrogen and oxygen atoms in total. The van der Waals surface area contributed by atoms with E-state index in [0.717, 1.165) is 10.6 Å². The number of hydrogen-bond donors (Lipinski definition) is 2. The molecular weight excluding hydrogens is 340 g/mol. The van der Waals surface area contributed by atoms with Crippen LogP contribution in [0.3, 0.4) is 0 Å². The fraction of sp³-hybridized carbons (Fsp3) is 0.278. The Labute approximate surface area is 150 Å². The predicted molar refractivity (Wildman–Crippen MR) is 96.6 cm³/mol. The first kappa shape index (κ1) is 18.8. The molecule has 1 heterocycles. The number of nitrogens with zero attached hydrogens (tertiary/aromatic N) is 1. The quantitative estimate of drug-likeness (QED) is 0.530. The highest BCUT2D eigenvalue weighted by Crippen LogP contribution is 2.24. The van der Waals surface area contributed by atoms with Crippen LogP contribution in [0, 0.1) is 6.92 Å². The maximum absolute atomic E-state index is 12.1. The molecule has 2 aromatic rings. The van der Waals surface area contributed by atoms with E-state index in [0.29, 0.717) is 5.69 Å². The Kier molecular flexibility index (Phi) is 6.85. The van der Waals surface area contributed by atoms with E-state index in [4.69, 9.17) is 9.84 Å². The molecule has 0 spiro atoms. The number of thiazole rings is 1. The van der Waals surface area contributed by atoms with Crippen molar-refractivity contribution in [2.24, 2.45) is 0 Å². The Morgan fingerprint density at radius 2 is 2.12 bits per heavy atom. The Morgan fingerprint density at radius 1 is 1.40 bits per heavy atom. The van der Waals surface area contributed by atoms with Gasteiger partial charge in [0.2, 0.25) is 5.91 Å². The summed E-state index contributed by atoms with van der Waals surface area (Å²) in [6, 6.07) is 6.88. The summed E-state index contributed by atoms with van der Waals surface area (Å²) < 4.78 is 5.10. The highest BCUT2D eigenvalue weighted by Gasteiger charge is 2.20. The second-order valence-corrected chi connectivity index (χ2v) is 6.33. The number of aromatic nitrogens is 1. The molecule has 0 aliphatic rings. The van der Waals surface area contributed by atoms with Gasteiger partial charge in [-0.25, -0.2) is 9.78 Å². The van der Waals surface area contributed by atoms with Gasteiger partial charge in [0.05, 0.1) is 25.3 Å². The molecule has 1 amide bonds. The van der Waals surface area contributed by atoms with E-state index in [1.54, 1.807) is 5.38 Å². The van der Waals surface area contributed by atoms with Crippen molar-refractivity contribution in [1.29, 1.82) is 0 Å². The molecule has 0 bridgehead atoms. The fourth-order valence-electron chi connectivity index (χ4n) is 2.07. The molecule has 0 aliphatic carbocycles. The van der Waals surface area contributed by atoms with Gasteiger partial charge in [-0.05, 0) is 6.92 Å². The zero-order valence-corrected chi connectivity index (χ0v) is 14.7. The lowest BCUT2D eigenvalue weighted by Gasteiger charge is -2.13. The van der Waals surface area contributed by atoms with Crippen LogP contribution < -0.4 is 5.32 Å². The number of carbonyl (C=O) groups excluding carboxylic acids is 1. The van der Waals surface area contributed by atoms with E-state index in [9.17, 15) is 9.59 Å².